The fraction of sp³-hybridized carbons (Fsp3) is 0.325. The van der Waals surface area contributed by atoms with Gasteiger partial charge in [-0.25, -0.2) is 0 Å². The summed E-state index contributed by atoms with van der Waals surface area (Å²) in [5.41, 5.74) is 26.6. The molecule has 7 aliphatic rings. The van der Waals surface area contributed by atoms with Crippen molar-refractivity contribution in [3.8, 4) is 33.4 Å². The number of rotatable bonds is 8. The smallest absolute Gasteiger partial charge is 0.0727 e. The first-order valence-electron chi connectivity index (χ1n) is 31.6. The van der Waals surface area contributed by atoms with Gasteiger partial charge in [-0.1, -0.05) is 188 Å². The van der Waals surface area contributed by atoms with Crippen molar-refractivity contribution in [1.29, 1.82) is 0 Å². The van der Waals surface area contributed by atoms with Crippen LogP contribution in [-0.4, -0.2) is 0 Å². The molecule has 4 fully saturated rings. The molecule has 2 nitrogen and oxygen atoms in total. The first-order valence-corrected chi connectivity index (χ1v) is 31.6. The second-order valence-electron chi connectivity index (χ2n) is 27.4. The molecule has 1 spiro atoms. The normalized spacial score (nSPS) is 27.4. The fourth-order valence-corrected chi connectivity index (χ4v) is 19.3. The van der Waals surface area contributed by atoms with E-state index in [4.69, 9.17) is 0 Å². The summed E-state index contributed by atoms with van der Waals surface area (Å²) < 4.78 is 0. The van der Waals surface area contributed by atoms with E-state index in [1.165, 1.54) is 163 Å². The molecule has 16 rings (SSSR count). The Morgan fingerprint density at radius 2 is 0.829 bits per heavy atom. The van der Waals surface area contributed by atoms with Crippen LogP contribution in [0.25, 0.3) is 33.4 Å². The maximum atomic E-state index is 2.78. The van der Waals surface area contributed by atoms with Crippen molar-refractivity contribution in [2.75, 3.05) is 9.80 Å². The van der Waals surface area contributed by atoms with Crippen molar-refractivity contribution < 1.29 is 0 Å². The Morgan fingerprint density at radius 1 is 0.354 bits per heavy atom. The summed E-state index contributed by atoms with van der Waals surface area (Å²) in [6.07, 6.45) is 10.7. The predicted molar refractivity (Wildman–Crippen MR) is 343 cm³/mol. The summed E-state index contributed by atoms with van der Waals surface area (Å²) in [6, 6.07) is 81.1. The summed E-state index contributed by atoms with van der Waals surface area (Å²) >= 11 is 0. The highest BCUT2D eigenvalue weighted by Crippen LogP contribution is 2.67. The summed E-state index contributed by atoms with van der Waals surface area (Å²) in [7, 11) is 0. The molecule has 4 saturated carbocycles. The topological polar surface area (TPSA) is 6.48 Å². The summed E-state index contributed by atoms with van der Waals surface area (Å²) in [5, 5.41) is 0. The van der Waals surface area contributed by atoms with Gasteiger partial charge in [-0.3, -0.25) is 0 Å². The minimum atomic E-state index is -0.593. The van der Waals surface area contributed by atoms with Crippen molar-refractivity contribution >= 4 is 34.1 Å². The van der Waals surface area contributed by atoms with Crippen molar-refractivity contribution in [3.05, 3.63) is 251 Å². The summed E-state index contributed by atoms with van der Waals surface area (Å²) in [5.74, 6) is 6.26. The van der Waals surface area contributed by atoms with Crippen molar-refractivity contribution in [3.63, 3.8) is 0 Å². The van der Waals surface area contributed by atoms with Crippen LogP contribution in [0.4, 0.5) is 34.1 Å². The van der Waals surface area contributed by atoms with Crippen molar-refractivity contribution in [2.45, 2.75) is 116 Å². The number of para-hydroxylation sites is 3. The predicted octanol–water partition coefficient (Wildman–Crippen LogP) is 21.6. The highest BCUT2D eigenvalue weighted by Gasteiger charge is 2.55. The molecule has 7 aliphatic carbocycles. The highest BCUT2D eigenvalue weighted by molar-refractivity contribution is 5.99. The molecule has 0 amide bonds. The summed E-state index contributed by atoms with van der Waals surface area (Å²) in [4.78, 5) is 5.35. The molecule has 0 aliphatic heterocycles. The molecule has 4 bridgehead atoms. The van der Waals surface area contributed by atoms with Gasteiger partial charge in [0.15, 0.2) is 0 Å². The van der Waals surface area contributed by atoms with Crippen molar-refractivity contribution in [1.82, 2.24) is 0 Å². The van der Waals surface area contributed by atoms with Gasteiger partial charge in [-0.2, -0.15) is 0 Å². The van der Waals surface area contributed by atoms with E-state index in [0.717, 1.165) is 17.8 Å². The molecule has 408 valence electrons. The Kier molecular flexibility index (Phi) is 11.7. The second kappa shape index (κ2) is 19.1. The number of benzene rings is 9. The second-order valence-corrected chi connectivity index (χ2v) is 27.4. The van der Waals surface area contributed by atoms with Crippen LogP contribution in [0.3, 0.4) is 0 Å². The van der Waals surface area contributed by atoms with E-state index in [-0.39, 0.29) is 5.41 Å². The van der Waals surface area contributed by atoms with E-state index in [2.05, 4.69) is 258 Å². The number of hydrogen-bond donors (Lipinski definition) is 0. The molecule has 0 heterocycles. The molecule has 11 atom stereocenters. The third-order valence-electron chi connectivity index (χ3n) is 22.8. The Balaban J connectivity index is 1.01. The molecule has 0 saturated heterocycles. The monoisotopic (exact) mass is 1070 g/mol. The van der Waals surface area contributed by atoms with Crippen LogP contribution in [-0.2, 0) is 10.8 Å². The van der Waals surface area contributed by atoms with E-state index in [0.29, 0.717) is 41.4 Å². The van der Waals surface area contributed by atoms with E-state index in [9.17, 15) is 0 Å². The maximum Gasteiger partial charge on any atom is 0.0727 e. The van der Waals surface area contributed by atoms with Gasteiger partial charge in [0, 0.05) is 39.5 Å². The zero-order chi connectivity index (χ0) is 55.2. The Bertz CT molecular complexity index is 3910. The van der Waals surface area contributed by atoms with Crippen molar-refractivity contribution in [2.24, 2.45) is 47.3 Å². The standard InChI is InChI=1S/C80H78N2/c1-49-39-55-43-56(40-49)78(52(4)51(55)3)68-46-66-63-33-18-21-36-72(63)80(74(66)48-76(68)81(57-25-10-7-11-26-57)58-27-12-8-13-28-58)71-35-20-17-32-62(71)65-45-67(77-50(2)41-53-23-22-24-54(77)42-53)75(47-73(65)80)82(59-29-14-9-15-30-59)60-37-38-70-64(44-60)61-31-16-19-34-69(61)79(70,5)6/h7-21,25-38,44-56,77-78H,22-24,39-43H2,1-6H3. The lowest BCUT2D eigenvalue weighted by molar-refractivity contribution is 0.0340. The molecule has 9 aromatic rings. The quantitative estimate of drug-likeness (QED) is 0.150. The minimum absolute atomic E-state index is 0.0862. The fourth-order valence-electron chi connectivity index (χ4n) is 19.3. The number of nitrogens with zero attached hydrogens (tertiary/aromatic N) is 2. The van der Waals surface area contributed by atoms with Crippen LogP contribution in [0, 0.1) is 47.3 Å². The average Bonchev–Trinajstić information content (AvgIpc) is 1.64. The zero-order valence-corrected chi connectivity index (χ0v) is 49.0. The molecule has 11 unspecified atom stereocenters. The zero-order valence-electron chi connectivity index (χ0n) is 49.0. The summed E-state index contributed by atoms with van der Waals surface area (Å²) in [6.45, 7) is 15.2. The van der Waals surface area contributed by atoms with Gasteiger partial charge in [0.05, 0.1) is 5.41 Å². The molecule has 82 heavy (non-hydrogen) atoms. The molecular formula is C80H78N2. The maximum absolute atomic E-state index is 2.78. The third-order valence-corrected chi connectivity index (χ3v) is 22.8. The number of hydrogen-bond acceptors (Lipinski definition) is 2. The van der Waals surface area contributed by atoms with Gasteiger partial charge in [-0.05, 0) is 248 Å². The Hall–Kier alpha value is -7.42. The Morgan fingerprint density at radius 3 is 1.41 bits per heavy atom. The Labute approximate surface area is 488 Å². The first-order chi connectivity index (χ1) is 40.1. The molecule has 0 N–H and O–H groups in total. The van der Waals surface area contributed by atoms with Gasteiger partial charge >= 0.3 is 0 Å². The molecule has 9 aromatic carbocycles. The SMILES string of the molecule is CC1CC2CC(C1)C(c1cc3c(cc1N(c1ccccc1)c1ccccc1)C1(c4ccccc4-c4cc(C5C(C)CC6CCCC5C6)c(N(c5ccccc5)c5ccc6c(c5)-c5ccccc5C6(C)C)cc41)c1ccccc1-3)C(C)C2C. The van der Waals surface area contributed by atoms with Gasteiger partial charge in [0.1, 0.15) is 0 Å². The van der Waals surface area contributed by atoms with Crippen LogP contribution in [0.15, 0.2) is 206 Å². The highest BCUT2D eigenvalue weighted by atomic mass is 15.2. The minimum Gasteiger partial charge on any atom is -0.310 e. The van der Waals surface area contributed by atoms with E-state index in [1.807, 2.05) is 0 Å². The molecule has 0 aromatic heterocycles. The third kappa shape index (κ3) is 7.37. The van der Waals surface area contributed by atoms with Crippen LogP contribution < -0.4 is 9.80 Å². The van der Waals surface area contributed by atoms with Crippen LogP contribution in [0.1, 0.15) is 149 Å². The molecule has 2 heteroatoms. The lowest BCUT2D eigenvalue weighted by atomic mass is 9.54. The van der Waals surface area contributed by atoms with Gasteiger partial charge in [0.25, 0.3) is 0 Å². The van der Waals surface area contributed by atoms with E-state index < -0.39 is 5.41 Å². The lowest BCUT2D eigenvalue weighted by Crippen LogP contribution is -2.41. The van der Waals surface area contributed by atoms with Crippen LogP contribution >= 0.6 is 0 Å². The lowest BCUT2D eigenvalue weighted by Gasteiger charge is -2.51. The van der Waals surface area contributed by atoms with Crippen LogP contribution in [0.5, 0.6) is 0 Å². The number of anilines is 6. The first kappa shape index (κ1) is 50.3. The van der Waals surface area contributed by atoms with E-state index >= 15 is 0 Å². The van der Waals surface area contributed by atoms with Gasteiger partial charge in [-0.15, -0.1) is 0 Å². The molecular weight excluding hydrogens is 989 g/mol. The largest absolute Gasteiger partial charge is 0.310 e. The number of fused-ring (bicyclic) bond motifs is 17. The van der Waals surface area contributed by atoms with Crippen LogP contribution in [0.2, 0.25) is 0 Å². The van der Waals surface area contributed by atoms with E-state index in [1.54, 1.807) is 0 Å². The van der Waals surface area contributed by atoms with Gasteiger partial charge in [0.2, 0.25) is 0 Å². The average molecular weight is 1070 g/mol. The van der Waals surface area contributed by atoms with Gasteiger partial charge < -0.3 is 9.80 Å². The molecule has 0 radical (unpaired) electrons.